The highest BCUT2D eigenvalue weighted by Crippen LogP contribution is 2.32. The smallest absolute Gasteiger partial charge is 0.393 e. The quantitative estimate of drug-likeness (QED) is 0.746. The van der Waals surface area contributed by atoms with Crippen LogP contribution in [0, 0.1) is 0 Å². The van der Waals surface area contributed by atoms with Gasteiger partial charge in [-0.05, 0) is 19.8 Å². The molecule has 0 aromatic heterocycles. The van der Waals surface area contributed by atoms with Gasteiger partial charge in [0.25, 0.3) is 0 Å². The molecule has 6 heteroatoms. The fourth-order valence-electron chi connectivity index (χ4n) is 1.67. The van der Waals surface area contributed by atoms with Crippen LogP contribution in [0.5, 0.6) is 0 Å². The van der Waals surface area contributed by atoms with Gasteiger partial charge in [-0.3, -0.25) is 4.90 Å². The molecule has 0 aromatic carbocycles. The second-order valence-corrected chi connectivity index (χ2v) is 4.56. The summed E-state index contributed by atoms with van der Waals surface area (Å²) in [6, 6.07) is -0.160. The SMILES string of the molecule is CC(CC(N)=S)N(CC(F)(F)F)C1CC1. The molecule has 1 atom stereocenters. The zero-order chi connectivity index (χ0) is 11.6. The highest BCUT2D eigenvalue weighted by atomic mass is 32.1. The van der Waals surface area contributed by atoms with Gasteiger partial charge in [-0.1, -0.05) is 12.2 Å². The average Bonchev–Trinajstić information content (AvgIpc) is 2.78. The lowest BCUT2D eigenvalue weighted by atomic mass is 10.2. The van der Waals surface area contributed by atoms with Gasteiger partial charge in [0, 0.05) is 18.5 Å². The Hall–Kier alpha value is -0.360. The number of hydrogen-bond acceptors (Lipinski definition) is 2. The standard InChI is InChI=1S/C9H15F3N2S/c1-6(4-8(13)15)14(7-2-3-7)5-9(10,11)12/h6-7H,2-5H2,1H3,(H2,13,15). The summed E-state index contributed by atoms with van der Waals surface area (Å²) in [6.45, 7) is 0.880. The Morgan fingerprint density at radius 1 is 1.53 bits per heavy atom. The van der Waals surface area contributed by atoms with Gasteiger partial charge in [0.2, 0.25) is 0 Å². The number of rotatable bonds is 5. The molecule has 2 N–H and O–H groups in total. The van der Waals surface area contributed by atoms with E-state index in [0.717, 1.165) is 12.8 Å². The summed E-state index contributed by atoms with van der Waals surface area (Å²) in [4.78, 5) is 1.73. The molecule has 2 nitrogen and oxygen atoms in total. The van der Waals surface area contributed by atoms with Crippen LogP contribution in [-0.2, 0) is 0 Å². The maximum Gasteiger partial charge on any atom is 0.401 e. The highest BCUT2D eigenvalue weighted by Gasteiger charge is 2.40. The molecular weight excluding hydrogens is 225 g/mol. The predicted octanol–water partition coefficient (Wildman–Crippen LogP) is 2.08. The zero-order valence-electron chi connectivity index (χ0n) is 8.55. The van der Waals surface area contributed by atoms with Crippen molar-refractivity contribution in [3.63, 3.8) is 0 Å². The average molecular weight is 240 g/mol. The van der Waals surface area contributed by atoms with E-state index in [0.29, 0.717) is 6.42 Å². The third kappa shape index (κ3) is 4.79. The van der Waals surface area contributed by atoms with Crippen molar-refractivity contribution in [1.82, 2.24) is 4.90 Å². The summed E-state index contributed by atoms with van der Waals surface area (Å²) >= 11 is 4.71. The topological polar surface area (TPSA) is 29.3 Å². The van der Waals surface area contributed by atoms with E-state index in [1.165, 1.54) is 4.90 Å². The van der Waals surface area contributed by atoms with E-state index in [4.69, 9.17) is 18.0 Å². The molecule has 1 aliphatic carbocycles. The van der Waals surface area contributed by atoms with Crippen LogP contribution >= 0.6 is 12.2 Å². The molecular formula is C9H15F3N2S. The first-order valence-corrected chi connectivity index (χ1v) is 5.31. The van der Waals surface area contributed by atoms with Gasteiger partial charge in [-0.2, -0.15) is 13.2 Å². The molecule has 0 aromatic rings. The van der Waals surface area contributed by atoms with E-state index in [1.54, 1.807) is 6.92 Å². The van der Waals surface area contributed by atoms with Crippen molar-refractivity contribution >= 4 is 17.2 Å². The summed E-state index contributed by atoms with van der Waals surface area (Å²) in [7, 11) is 0. The second-order valence-electron chi connectivity index (χ2n) is 4.04. The molecule has 1 unspecified atom stereocenters. The fourth-order valence-corrected chi connectivity index (χ4v) is 1.91. The van der Waals surface area contributed by atoms with Crippen LogP contribution in [0.25, 0.3) is 0 Å². The molecule has 1 aliphatic rings. The van der Waals surface area contributed by atoms with Crippen LogP contribution in [0.4, 0.5) is 13.2 Å². The van der Waals surface area contributed by atoms with Crippen molar-refractivity contribution in [2.24, 2.45) is 5.73 Å². The van der Waals surface area contributed by atoms with Gasteiger partial charge in [-0.15, -0.1) is 0 Å². The highest BCUT2D eigenvalue weighted by molar-refractivity contribution is 7.80. The maximum absolute atomic E-state index is 12.3. The Bertz CT molecular complexity index is 238. The largest absolute Gasteiger partial charge is 0.401 e. The van der Waals surface area contributed by atoms with Crippen molar-refractivity contribution in [3.05, 3.63) is 0 Å². The minimum absolute atomic E-state index is 0.0657. The Morgan fingerprint density at radius 3 is 2.40 bits per heavy atom. The van der Waals surface area contributed by atoms with Crippen molar-refractivity contribution in [2.45, 2.75) is 44.4 Å². The van der Waals surface area contributed by atoms with Crippen molar-refractivity contribution in [1.29, 1.82) is 0 Å². The lowest BCUT2D eigenvalue weighted by Crippen LogP contribution is -2.43. The monoisotopic (exact) mass is 240 g/mol. The van der Waals surface area contributed by atoms with E-state index in [9.17, 15) is 13.2 Å². The predicted molar refractivity (Wildman–Crippen MR) is 56.6 cm³/mol. The van der Waals surface area contributed by atoms with E-state index >= 15 is 0 Å². The molecule has 1 saturated carbocycles. The third-order valence-electron chi connectivity index (χ3n) is 2.44. The summed E-state index contributed by atoms with van der Waals surface area (Å²) < 4.78 is 36.9. The Kier molecular flexibility index (Phi) is 3.94. The van der Waals surface area contributed by atoms with Gasteiger partial charge in [0.1, 0.15) is 0 Å². The van der Waals surface area contributed by atoms with Gasteiger partial charge >= 0.3 is 6.18 Å². The van der Waals surface area contributed by atoms with Crippen LogP contribution < -0.4 is 5.73 Å². The number of thiocarbonyl (C=S) groups is 1. The third-order valence-corrected chi connectivity index (χ3v) is 2.61. The minimum Gasteiger partial charge on any atom is -0.393 e. The van der Waals surface area contributed by atoms with Crippen LogP contribution in [-0.4, -0.2) is 34.7 Å². The Morgan fingerprint density at radius 2 is 2.07 bits per heavy atom. The number of hydrogen-bond donors (Lipinski definition) is 1. The first-order valence-electron chi connectivity index (χ1n) is 4.90. The van der Waals surface area contributed by atoms with E-state index in [-0.39, 0.29) is 17.1 Å². The molecule has 0 aliphatic heterocycles. The molecule has 0 amide bonds. The molecule has 1 rings (SSSR count). The number of alkyl halides is 3. The molecule has 0 radical (unpaired) electrons. The van der Waals surface area contributed by atoms with Crippen molar-refractivity contribution in [2.75, 3.05) is 6.54 Å². The van der Waals surface area contributed by atoms with Gasteiger partial charge < -0.3 is 5.73 Å². The van der Waals surface area contributed by atoms with E-state index in [1.807, 2.05) is 0 Å². The maximum atomic E-state index is 12.3. The van der Waals surface area contributed by atoms with Crippen LogP contribution in [0.1, 0.15) is 26.2 Å². The zero-order valence-corrected chi connectivity index (χ0v) is 9.37. The van der Waals surface area contributed by atoms with Crippen LogP contribution in [0.15, 0.2) is 0 Å². The first-order chi connectivity index (χ1) is 6.79. The second kappa shape index (κ2) is 4.65. The van der Waals surface area contributed by atoms with Gasteiger partial charge in [0.15, 0.2) is 0 Å². The molecule has 15 heavy (non-hydrogen) atoms. The summed E-state index contributed by atoms with van der Waals surface area (Å²) in [6.07, 6.45) is -2.11. The van der Waals surface area contributed by atoms with E-state index in [2.05, 4.69) is 0 Å². The molecule has 0 saturated heterocycles. The molecule has 0 bridgehead atoms. The molecule has 1 fully saturated rings. The normalized spacial score (nSPS) is 19.3. The lowest BCUT2D eigenvalue weighted by molar-refractivity contribution is -0.151. The van der Waals surface area contributed by atoms with Crippen LogP contribution in [0.2, 0.25) is 0 Å². The number of nitrogens with two attached hydrogens (primary N) is 1. The number of halogens is 3. The molecule has 88 valence electrons. The van der Waals surface area contributed by atoms with Crippen molar-refractivity contribution in [3.8, 4) is 0 Å². The number of nitrogens with zero attached hydrogens (tertiary/aromatic N) is 1. The van der Waals surface area contributed by atoms with E-state index < -0.39 is 12.7 Å². The lowest BCUT2D eigenvalue weighted by Gasteiger charge is -2.29. The van der Waals surface area contributed by atoms with Gasteiger partial charge in [0.05, 0.1) is 11.5 Å². The molecule has 0 spiro atoms. The fraction of sp³-hybridized carbons (Fsp3) is 0.889. The minimum atomic E-state index is -4.15. The Labute approximate surface area is 92.6 Å². The summed E-state index contributed by atoms with van der Waals surface area (Å²) in [5.74, 6) is 0. The first kappa shape index (κ1) is 12.7. The summed E-state index contributed by atoms with van der Waals surface area (Å²) in [5, 5.41) is 0. The van der Waals surface area contributed by atoms with Crippen molar-refractivity contribution < 1.29 is 13.2 Å². The van der Waals surface area contributed by atoms with Gasteiger partial charge in [-0.25, -0.2) is 0 Å². The summed E-state index contributed by atoms with van der Waals surface area (Å²) in [5.41, 5.74) is 5.34. The molecule has 0 heterocycles. The van der Waals surface area contributed by atoms with Crippen LogP contribution in [0.3, 0.4) is 0 Å². The Balaban J connectivity index is 2.53.